The molecule has 1 atom stereocenters. The number of carbonyl (C=O) groups excluding carboxylic acids is 2. The van der Waals surface area contributed by atoms with Gasteiger partial charge in [-0.2, -0.15) is 0 Å². The third-order valence-corrected chi connectivity index (χ3v) is 5.72. The highest BCUT2D eigenvalue weighted by atomic mass is 35.5. The van der Waals surface area contributed by atoms with E-state index in [4.69, 9.17) is 11.6 Å². The molecular formula is C22H26ClFN2O2S. The van der Waals surface area contributed by atoms with Crippen LogP contribution in [0, 0.1) is 5.82 Å². The van der Waals surface area contributed by atoms with Gasteiger partial charge < -0.3 is 10.2 Å². The van der Waals surface area contributed by atoms with Crippen molar-refractivity contribution in [1.82, 2.24) is 10.2 Å². The number of thioether (sulfide) groups is 1. The number of halogens is 2. The molecule has 0 spiro atoms. The number of unbranched alkanes of at least 4 members (excludes halogenated alkanes) is 1. The SMILES string of the molecule is CCCCNC(=O)[C@@H](C)N(Cc1ccccc1F)C(=O)CSc1ccc(Cl)cc1. The Morgan fingerprint density at radius 2 is 1.86 bits per heavy atom. The topological polar surface area (TPSA) is 49.4 Å². The second kappa shape index (κ2) is 11.8. The van der Waals surface area contributed by atoms with Crippen LogP contribution in [-0.2, 0) is 16.1 Å². The summed E-state index contributed by atoms with van der Waals surface area (Å²) < 4.78 is 14.2. The molecule has 29 heavy (non-hydrogen) atoms. The van der Waals surface area contributed by atoms with Crippen LogP contribution < -0.4 is 5.32 Å². The van der Waals surface area contributed by atoms with Crippen LogP contribution >= 0.6 is 23.4 Å². The van der Waals surface area contributed by atoms with Crippen LogP contribution in [0.2, 0.25) is 5.02 Å². The molecule has 2 rings (SSSR count). The van der Waals surface area contributed by atoms with Gasteiger partial charge in [-0.3, -0.25) is 9.59 Å². The summed E-state index contributed by atoms with van der Waals surface area (Å²) in [5.41, 5.74) is 0.380. The molecule has 2 aromatic carbocycles. The number of carbonyl (C=O) groups is 2. The zero-order valence-corrected chi connectivity index (χ0v) is 18.2. The van der Waals surface area contributed by atoms with Crippen LogP contribution in [0.25, 0.3) is 0 Å². The molecule has 0 aliphatic rings. The Balaban J connectivity index is 2.11. The second-order valence-electron chi connectivity index (χ2n) is 6.68. The molecule has 4 nitrogen and oxygen atoms in total. The van der Waals surface area contributed by atoms with Crippen molar-refractivity contribution in [2.24, 2.45) is 0 Å². The monoisotopic (exact) mass is 436 g/mol. The first-order valence-electron chi connectivity index (χ1n) is 9.61. The van der Waals surface area contributed by atoms with Crippen molar-refractivity contribution in [2.75, 3.05) is 12.3 Å². The lowest BCUT2D eigenvalue weighted by atomic mass is 10.1. The molecule has 2 aromatic rings. The summed E-state index contributed by atoms with van der Waals surface area (Å²) in [6, 6.07) is 12.8. The summed E-state index contributed by atoms with van der Waals surface area (Å²) >= 11 is 7.25. The average molecular weight is 437 g/mol. The van der Waals surface area contributed by atoms with Crippen LogP contribution in [0.5, 0.6) is 0 Å². The molecule has 0 heterocycles. The number of amides is 2. The third kappa shape index (κ3) is 7.37. The van der Waals surface area contributed by atoms with E-state index in [0.29, 0.717) is 17.1 Å². The first kappa shape index (κ1) is 23.2. The standard InChI is InChI=1S/C22H26ClFN2O2S/c1-3-4-13-25-22(28)16(2)26(14-17-7-5-6-8-20(17)24)21(27)15-29-19-11-9-18(23)10-12-19/h5-12,16H,3-4,13-15H2,1-2H3,(H,25,28)/t16-/m1/s1. The summed E-state index contributed by atoms with van der Waals surface area (Å²) in [5, 5.41) is 3.48. The highest BCUT2D eigenvalue weighted by Gasteiger charge is 2.26. The van der Waals surface area contributed by atoms with Gasteiger partial charge in [-0.1, -0.05) is 43.1 Å². The minimum absolute atomic E-state index is 0.0368. The molecule has 2 amide bonds. The smallest absolute Gasteiger partial charge is 0.242 e. The molecule has 0 aliphatic heterocycles. The maximum absolute atomic E-state index is 14.2. The fourth-order valence-electron chi connectivity index (χ4n) is 2.69. The van der Waals surface area contributed by atoms with E-state index >= 15 is 0 Å². The van der Waals surface area contributed by atoms with E-state index in [9.17, 15) is 14.0 Å². The molecule has 0 saturated heterocycles. The van der Waals surface area contributed by atoms with Crippen LogP contribution in [0.15, 0.2) is 53.4 Å². The van der Waals surface area contributed by atoms with Crippen molar-refractivity contribution in [3.05, 3.63) is 64.9 Å². The maximum Gasteiger partial charge on any atom is 0.242 e. The second-order valence-corrected chi connectivity index (χ2v) is 8.16. The largest absolute Gasteiger partial charge is 0.354 e. The number of hydrogen-bond acceptors (Lipinski definition) is 3. The molecule has 0 radical (unpaired) electrons. The van der Waals surface area contributed by atoms with Gasteiger partial charge in [0.25, 0.3) is 0 Å². The summed E-state index contributed by atoms with van der Waals surface area (Å²) in [4.78, 5) is 27.8. The molecular weight excluding hydrogens is 411 g/mol. The maximum atomic E-state index is 14.2. The summed E-state index contributed by atoms with van der Waals surface area (Å²) in [6.45, 7) is 4.31. The summed E-state index contributed by atoms with van der Waals surface area (Å²) in [5.74, 6) is -0.719. The normalized spacial score (nSPS) is 11.7. The number of rotatable bonds is 10. The fraction of sp³-hybridized carbons (Fsp3) is 0.364. The number of hydrogen-bond donors (Lipinski definition) is 1. The van der Waals surface area contributed by atoms with Crippen molar-refractivity contribution >= 4 is 35.2 Å². The van der Waals surface area contributed by atoms with Crippen molar-refractivity contribution < 1.29 is 14.0 Å². The van der Waals surface area contributed by atoms with E-state index in [0.717, 1.165) is 17.7 Å². The van der Waals surface area contributed by atoms with E-state index in [1.54, 1.807) is 37.3 Å². The Morgan fingerprint density at radius 1 is 1.17 bits per heavy atom. The molecule has 156 valence electrons. The molecule has 0 saturated carbocycles. The Hall–Kier alpha value is -2.05. The lowest BCUT2D eigenvalue weighted by Crippen LogP contribution is -2.48. The molecule has 0 bridgehead atoms. The van der Waals surface area contributed by atoms with Crippen LogP contribution in [-0.4, -0.2) is 35.1 Å². The van der Waals surface area contributed by atoms with E-state index in [1.807, 2.05) is 19.1 Å². The molecule has 7 heteroatoms. The van der Waals surface area contributed by atoms with Crippen LogP contribution in [0.3, 0.4) is 0 Å². The van der Waals surface area contributed by atoms with E-state index < -0.39 is 11.9 Å². The minimum Gasteiger partial charge on any atom is -0.354 e. The van der Waals surface area contributed by atoms with E-state index in [-0.39, 0.29) is 24.1 Å². The van der Waals surface area contributed by atoms with Gasteiger partial charge in [-0.15, -0.1) is 11.8 Å². The van der Waals surface area contributed by atoms with Gasteiger partial charge in [0.1, 0.15) is 11.9 Å². The highest BCUT2D eigenvalue weighted by molar-refractivity contribution is 8.00. The van der Waals surface area contributed by atoms with Crippen molar-refractivity contribution in [3.63, 3.8) is 0 Å². The zero-order chi connectivity index (χ0) is 21.2. The zero-order valence-electron chi connectivity index (χ0n) is 16.7. The number of nitrogens with one attached hydrogen (secondary N) is 1. The Morgan fingerprint density at radius 3 is 2.52 bits per heavy atom. The van der Waals surface area contributed by atoms with Gasteiger partial charge in [0.2, 0.25) is 11.8 Å². The van der Waals surface area contributed by atoms with Crippen LogP contribution in [0.4, 0.5) is 4.39 Å². The number of benzene rings is 2. The first-order chi connectivity index (χ1) is 13.9. The summed E-state index contributed by atoms with van der Waals surface area (Å²) in [6.07, 6.45) is 1.83. The molecule has 0 aromatic heterocycles. The highest BCUT2D eigenvalue weighted by Crippen LogP contribution is 2.22. The molecule has 0 fully saturated rings. The van der Waals surface area contributed by atoms with Gasteiger partial charge in [0.15, 0.2) is 0 Å². The Bertz CT molecular complexity index is 817. The number of nitrogens with zero attached hydrogens (tertiary/aromatic N) is 1. The molecule has 0 unspecified atom stereocenters. The molecule has 0 aliphatic carbocycles. The van der Waals surface area contributed by atoms with Gasteiger partial charge >= 0.3 is 0 Å². The van der Waals surface area contributed by atoms with E-state index in [1.165, 1.54) is 22.7 Å². The molecule has 1 N–H and O–H groups in total. The van der Waals surface area contributed by atoms with E-state index in [2.05, 4.69) is 5.32 Å². The predicted octanol–water partition coefficient (Wildman–Crippen LogP) is 4.90. The lowest BCUT2D eigenvalue weighted by Gasteiger charge is -2.29. The van der Waals surface area contributed by atoms with Crippen LogP contribution in [0.1, 0.15) is 32.3 Å². The average Bonchev–Trinajstić information content (AvgIpc) is 2.72. The van der Waals surface area contributed by atoms with Gasteiger partial charge in [0.05, 0.1) is 5.75 Å². The van der Waals surface area contributed by atoms with Gasteiger partial charge in [-0.05, 0) is 43.7 Å². The Labute approximate surface area is 180 Å². The quantitative estimate of drug-likeness (QED) is 0.425. The summed E-state index contributed by atoms with van der Waals surface area (Å²) in [7, 11) is 0. The minimum atomic E-state index is -0.704. The fourth-order valence-corrected chi connectivity index (χ4v) is 3.60. The third-order valence-electron chi connectivity index (χ3n) is 4.47. The predicted molar refractivity (Wildman–Crippen MR) is 117 cm³/mol. The van der Waals surface area contributed by atoms with Gasteiger partial charge in [0, 0.05) is 28.6 Å². The lowest BCUT2D eigenvalue weighted by molar-refractivity contribution is -0.138. The first-order valence-corrected chi connectivity index (χ1v) is 11.0. The Kier molecular flexibility index (Phi) is 9.48. The van der Waals surface area contributed by atoms with Crippen molar-refractivity contribution in [3.8, 4) is 0 Å². The van der Waals surface area contributed by atoms with Crippen molar-refractivity contribution in [1.29, 1.82) is 0 Å². The van der Waals surface area contributed by atoms with Gasteiger partial charge in [-0.25, -0.2) is 4.39 Å². The van der Waals surface area contributed by atoms with Crippen molar-refractivity contribution in [2.45, 2.75) is 44.2 Å².